The second-order valence-corrected chi connectivity index (χ2v) is 8.26. The van der Waals surface area contributed by atoms with Crippen molar-refractivity contribution in [3.63, 3.8) is 0 Å². The molecule has 0 bridgehead atoms. The fourth-order valence-electron chi connectivity index (χ4n) is 5.94. The van der Waals surface area contributed by atoms with E-state index in [4.69, 9.17) is 5.73 Å². The molecule has 0 heterocycles. The Balaban J connectivity index is 1.76. The molecule has 3 saturated carbocycles. The van der Waals surface area contributed by atoms with Gasteiger partial charge < -0.3 is 5.73 Å². The monoisotopic (exact) mass is 249 g/mol. The Kier molecular flexibility index (Phi) is 2.86. The van der Waals surface area contributed by atoms with Crippen LogP contribution in [0.3, 0.4) is 0 Å². The Hall–Kier alpha value is -0.0400. The number of fused-ring (bicyclic) bond motifs is 2. The quantitative estimate of drug-likeness (QED) is 0.788. The summed E-state index contributed by atoms with van der Waals surface area (Å²) in [5.41, 5.74) is 6.64. The van der Waals surface area contributed by atoms with Gasteiger partial charge in [-0.05, 0) is 73.0 Å². The summed E-state index contributed by atoms with van der Waals surface area (Å²) in [7, 11) is 0. The summed E-state index contributed by atoms with van der Waals surface area (Å²) in [6.07, 6.45) is 4.28. The first-order valence-electron chi connectivity index (χ1n) is 8.11. The van der Waals surface area contributed by atoms with Gasteiger partial charge >= 0.3 is 0 Å². The van der Waals surface area contributed by atoms with Crippen molar-refractivity contribution in [1.82, 2.24) is 0 Å². The lowest BCUT2D eigenvalue weighted by Crippen LogP contribution is -2.33. The normalized spacial score (nSPS) is 60.0. The topological polar surface area (TPSA) is 26.0 Å². The zero-order chi connectivity index (χ0) is 13.2. The Bertz CT molecular complexity index is 337. The molecule has 0 aliphatic heterocycles. The van der Waals surface area contributed by atoms with Gasteiger partial charge in [-0.2, -0.15) is 0 Å². The maximum atomic E-state index is 6.01. The fourth-order valence-corrected chi connectivity index (χ4v) is 5.94. The summed E-state index contributed by atoms with van der Waals surface area (Å²) in [5, 5.41) is 0. The maximum Gasteiger partial charge on any atom is 0.00133 e. The van der Waals surface area contributed by atoms with Crippen LogP contribution in [0.2, 0.25) is 0 Å². The van der Waals surface area contributed by atoms with Crippen LogP contribution >= 0.6 is 0 Å². The third-order valence-corrected chi connectivity index (χ3v) is 7.49. The van der Waals surface area contributed by atoms with Crippen LogP contribution in [0.4, 0.5) is 0 Å². The van der Waals surface area contributed by atoms with Crippen molar-refractivity contribution in [3.8, 4) is 0 Å². The number of hydrogen-bond acceptors (Lipinski definition) is 1. The highest BCUT2D eigenvalue weighted by molar-refractivity contribution is 5.12. The molecular weight excluding hydrogens is 218 g/mol. The van der Waals surface area contributed by atoms with Crippen LogP contribution < -0.4 is 5.73 Å². The standard InChI is InChI=1S/C17H31N/c1-9(18)6-13-14-7-16-11(3)10(2)12(4)17(16,5)8-15(13)14/h9-16H,6-8,18H2,1-5H3. The second kappa shape index (κ2) is 3.98. The van der Waals surface area contributed by atoms with E-state index in [0.717, 1.165) is 41.4 Å². The summed E-state index contributed by atoms with van der Waals surface area (Å²) in [6, 6.07) is 0.405. The summed E-state index contributed by atoms with van der Waals surface area (Å²) >= 11 is 0. The first-order valence-corrected chi connectivity index (χ1v) is 8.11. The highest BCUT2D eigenvalue weighted by Crippen LogP contribution is 2.70. The van der Waals surface area contributed by atoms with Crippen molar-refractivity contribution in [2.45, 2.75) is 59.9 Å². The van der Waals surface area contributed by atoms with E-state index < -0.39 is 0 Å². The predicted octanol–water partition coefficient (Wildman–Crippen LogP) is 3.92. The Morgan fingerprint density at radius 3 is 2.44 bits per heavy atom. The van der Waals surface area contributed by atoms with Gasteiger partial charge in [0.2, 0.25) is 0 Å². The SMILES string of the molecule is CC(N)CC1C2CC3C(C)C(C)C(C)C3(C)CC12. The molecule has 9 atom stereocenters. The molecule has 0 spiro atoms. The Labute approximate surface area is 113 Å². The third kappa shape index (κ3) is 1.62. The molecule has 0 amide bonds. The second-order valence-electron chi connectivity index (χ2n) is 8.26. The van der Waals surface area contributed by atoms with E-state index in [1.54, 1.807) is 0 Å². The fraction of sp³-hybridized carbons (Fsp3) is 1.00. The van der Waals surface area contributed by atoms with E-state index >= 15 is 0 Å². The average Bonchev–Trinajstić information content (AvgIpc) is 2.91. The van der Waals surface area contributed by atoms with Crippen LogP contribution in [-0.4, -0.2) is 6.04 Å². The van der Waals surface area contributed by atoms with E-state index in [0.29, 0.717) is 11.5 Å². The van der Waals surface area contributed by atoms with Crippen molar-refractivity contribution >= 4 is 0 Å². The maximum absolute atomic E-state index is 6.01. The molecule has 1 nitrogen and oxygen atoms in total. The lowest BCUT2D eigenvalue weighted by atomic mass is 9.65. The van der Waals surface area contributed by atoms with Gasteiger partial charge in [-0.15, -0.1) is 0 Å². The van der Waals surface area contributed by atoms with Crippen molar-refractivity contribution in [2.24, 2.45) is 52.6 Å². The molecule has 0 aromatic rings. The molecule has 0 radical (unpaired) electrons. The van der Waals surface area contributed by atoms with E-state index in [-0.39, 0.29) is 0 Å². The number of hydrogen-bond donors (Lipinski definition) is 1. The minimum Gasteiger partial charge on any atom is -0.328 e. The molecule has 18 heavy (non-hydrogen) atoms. The zero-order valence-electron chi connectivity index (χ0n) is 12.8. The van der Waals surface area contributed by atoms with E-state index in [1.807, 2.05) is 0 Å². The average molecular weight is 249 g/mol. The first-order chi connectivity index (χ1) is 8.36. The number of nitrogens with two attached hydrogens (primary N) is 1. The van der Waals surface area contributed by atoms with Crippen LogP contribution in [0, 0.1) is 46.8 Å². The summed E-state index contributed by atoms with van der Waals surface area (Å²) in [5.74, 6) is 6.79. The Morgan fingerprint density at radius 1 is 1.17 bits per heavy atom. The zero-order valence-corrected chi connectivity index (χ0v) is 12.8. The van der Waals surface area contributed by atoms with Crippen LogP contribution in [0.5, 0.6) is 0 Å². The largest absolute Gasteiger partial charge is 0.328 e. The van der Waals surface area contributed by atoms with Gasteiger partial charge in [-0.1, -0.05) is 27.7 Å². The predicted molar refractivity (Wildman–Crippen MR) is 77.1 cm³/mol. The first kappa shape index (κ1) is 13.0. The molecule has 3 aliphatic carbocycles. The molecule has 2 N–H and O–H groups in total. The van der Waals surface area contributed by atoms with Crippen LogP contribution in [-0.2, 0) is 0 Å². The molecule has 104 valence electrons. The third-order valence-electron chi connectivity index (χ3n) is 7.49. The minimum atomic E-state index is 0.405. The highest BCUT2D eigenvalue weighted by Gasteiger charge is 2.64. The van der Waals surface area contributed by atoms with Gasteiger partial charge in [-0.25, -0.2) is 0 Å². The summed E-state index contributed by atoms with van der Waals surface area (Å²) in [4.78, 5) is 0. The summed E-state index contributed by atoms with van der Waals surface area (Å²) in [6.45, 7) is 12.3. The Morgan fingerprint density at radius 2 is 1.83 bits per heavy atom. The van der Waals surface area contributed by atoms with Gasteiger partial charge in [0.05, 0.1) is 0 Å². The van der Waals surface area contributed by atoms with Gasteiger partial charge in [0, 0.05) is 6.04 Å². The van der Waals surface area contributed by atoms with Crippen LogP contribution in [0.15, 0.2) is 0 Å². The van der Waals surface area contributed by atoms with Crippen molar-refractivity contribution in [3.05, 3.63) is 0 Å². The van der Waals surface area contributed by atoms with Crippen LogP contribution in [0.1, 0.15) is 53.9 Å². The van der Waals surface area contributed by atoms with Gasteiger partial charge in [-0.3, -0.25) is 0 Å². The van der Waals surface area contributed by atoms with Crippen molar-refractivity contribution in [2.75, 3.05) is 0 Å². The highest BCUT2D eigenvalue weighted by atomic mass is 14.7. The molecule has 0 aromatic carbocycles. The molecular formula is C17H31N. The summed E-state index contributed by atoms with van der Waals surface area (Å²) < 4.78 is 0. The van der Waals surface area contributed by atoms with Gasteiger partial charge in [0.1, 0.15) is 0 Å². The molecule has 0 aromatic heterocycles. The van der Waals surface area contributed by atoms with Gasteiger partial charge in [0.15, 0.2) is 0 Å². The lowest BCUT2D eigenvalue weighted by Gasteiger charge is -2.40. The number of rotatable bonds is 2. The molecule has 3 rings (SSSR count). The van der Waals surface area contributed by atoms with Crippen molar-refractivity contribution in [1.29, 1.82) is 0 Å². The van der Waals surface area contributed by atoms with Gasteiger partial charge in [0.25, 0.3) is 0 Å². The van der Waals surface area contributed by atoms with E-state index in [2.05, 4.69) is 34.6 Å². The molecule has 3 aliphatic rings. The van der Waals surface area contributed by atoms with E-state index in [9.17, 15) is 0 Å². The molecule has 9 unspecified atom stereocenters. The van der Waals surface area contributed by atoms with E-state index in [1.165, 1.54) is 19.3 Å². The van der Waals surface area contributed by atoms with Crippen molar-refractivity contribution < 1.29 is 0 Å². The smallest absolute Gasteiger partial charge is 0.00133 e. The minimum absolute atomic E-state index is 0.405. The molecule has 1 heteroatoms. The molecule has 3 fully saturated rings. The lowest BCUT2D eigenvalue weighted by molar-refractivity contribution is 0.0862. The van der Waals surface area contributed by atoms with Crippen LogP contribution in [0.25, 0.3) is 0 Å². The molecule has 0 saturated heterocycles.